The standard InChI is InChI=1S/C9H12BrN2OP/c10-7-3-9(5-11-4-7)13-6-8-1-2-12(8)14/h3-5,8H,1-2,6,14H2/t8-/m0/s1. The van der Waals surface area contributed by atoms with Crippen molar-refractivity contribution in [2.45, 2.75) is 12.5 Å². The fraction of sp³-hybridized carbons (Fsp3) is 0.444. The van der Waals surface area contributed by atoms with Crippen LogP contribution in [0.3, 0.4) is 0 Å². The fourth-order valence-corrected chi connectivity index (χ4v) is 2.03. The molecule has 2 heterocycles. The minimum absolute atomic E-state index is 0.541. The second-order valence-electron chi connectivity index (χ2n) is 3.33. The highest BCUT2D eigenvalue weighted by Crippen LogP contribution is 2.23. The van der Waals surface area contributed by atoms with Crippen molar-refractivity contribution in [2.24, 2.45) is 0 Å². The molecule has 0 amide bonds. The molecule has 1 aromatic rings. The van der Waals surface area contributed by atoms with Gasteiger partial charge in [0.1, 0.15) is 12.4 Å². The van der Waals surface area contributed by atoms with Gasteiger partial charge in [-0.05, 0) is 28.4 Å². The highest BCUT2D eigenvalue weighted by molar-refractivity contribution is 9.10. The van der Waals surface area contributed by atoms with E-state index >= 15 is 0 Å². The SMILES string of the molecule is PN1CC[C@H]1COc1cncc(Br)c1. The van der Waals surface area contributed by atoms with E-state index in [0.29, 0.717) is 6.04 Å². The number of nitrogens with zero attached hydrogens (tertiary/aromatic N) is 2. The van der Waals surface area contributed by atoms with Crippen LogP contribution in [0.4, 0.5) is 0 Å². The van der Waals surface area contributed by atoms with Crippen LogP contribution in [0, 0.1) is 0 Å². The molecule has 1 aliphatic rings. The van der Waals surface area contributed by atoms with Gasteiger partial charge in [-0.3, -0.25) is 9.65 Å². The summed E-state index contributed by atoms with van der Waals surface area (Å²) in [5.74, 6) is 0.824. The predicted molar refractivity (Wildman–Crippen MR) is 62.3 cm³/mol. The summed E-state index contributed by atoms with van der Waals surface area (Å²) >= 11 is 3.36. The second-order valence-corrected chi connectivity index (χ2v) is 4.91. The molecule has 2 atom stereocenters. The zero-order valence-electron chi connectivity index (χ0n) is 7.69. The van der Waals surface area contributed by atoms with Gasteiger partial charge in [0, 0.05) is 23.3 Å². The third kappa shape index (κ3) is 2.44. The van der Waals surface area contributed by atoms with Crippen molar-refractivity contribution >= 4 is 25.3 Å². The van der Waals surface area contributed by atoms with Crippen molar-refractivity contribution in [1.82, 2.24) is 9.65 Å². The zero-order valence-corrected chi connectivity index (χ0v) is 10.4. The van der Waals surface area contributed by atoms with Crippen LogP contribution < -0.4 is 4.74 Å². The quantitative estimate of drug-likeness (QED) is 0.790. The van der Waals surface area contributed by atoms with Crippen LogP contribution in [-0.2, 0) is 0 Å². The third-order valence-corrected chi connectivity index (χ3v) is 3.43. The first-order chi connectivity index (χ1) is 6.75. The molecular weight excluding hydrogens is 263 g/mol. The van der Waals surface area contributed by atoms with Crippen molar-refractivity contribution < 1.29 is 4.74 Å². The lowest BCUT2D eigenvalue weighted by atomic mass is 10.1. The third-order valence-electron chi connectivity index (χ3n) is 2.31. The first-order valence-electron chi connectivity index (χ1n) is 4.50. The van der Waals surface area contributed by atoms with E-state index in [9.17, 15) is 0 Å². The summed E-state index contributed by atoms with van der Waals surface area (Å²) in [6, 6.07) is 2.47. The van der Waals surface area contributed by atoms with E-state index in [2.05, 4.69) is 35.0 Å². The Morgan fingerprint density at radius 2 is 2.50 bits per heavy atom. The highest BCUT2D eigenvalue weighted by atomic mass is 79.9. The fourth-order valence-electron chi connectivity index (χ4n) is 1.30. The van der Waals surface area contributed by atoms with E-state index < -0.39 is 0 Å². The summed E-state index contributed by atoms with van der Waals surface area (Å²) in [5, 5.41) is 0. The molecule has 3 nitrogen and oxygen atoms in total. The molecule has 0 saturated carbocycles. The number of hydrogen-bond donors (Lipinski definition) is 0. The second kappa shape index (κ2) is 4.56. The summed E-state index contributed by atoms with van der Waals surface area (Å²) in [6.45, 7) is 1.89. The molecule has 0 radical (unpaired) electrons. The Balaban J connectivity index is 1.85. The van der Waals surface area contributed by atoms with Crippen molar-refractivity contribution in [3.63, 3.8) is 0 Å². The Bertz CT molecular complexity index is 323. The lowest BCUT2D eigenvalue weighted by molar-refractivity contribution is 0.138. The van der Waals surface area contributed by atoms with Crippen LogP contribution in [0.25, 0.3) is 0 Å². The Morgan fingerprint density at radius 3 is 3.07 bits per heavy atom. The van der Waals surface area contributed by atoms with E-state index in [1.54, 1.807) is 12.4 Å². The van der Waals surface area contributed by atoms with Crippen molar-refractivity contribution in [1.29, 1.82) is 0 Å². The largest absolute Gasteiger partial charge is 0.490 e. The van der Waals surface area contributed by atoms with Gasteiger partial charge >= 0.3 is 0 Å². The molecular formula is C9H12BrN2OP. The van der Waals surface area contributed by atoms with Crippen LogP contribution >= 0.6 is 25.3 Å². The van der Waals surface area contributed by atoms with E-state index in [0.717, 1.165) is 23.4 Å². The molecule has 1 saturated heterocycles. The average molecular weight is 275 g/mol. The number of rotatable bonds is 3. The summed E-state index contributed by atoms with van der Waals surface area (Å²) in [4.78, 5) is 4.03. The van der Waals surface area contributed by atoms with Crippen molar-refractivity contribution in [3.8, 4) is 5.75 Å². The van der Waals surface area contributed by atoms with Gasteiger partial charge in [-0.2, -0.15) is 0 Å². The maximum absolute atomic E-state index is 5.61. The van der Waals surface area contributed by atoms with Gasteiger partial charge in [0.15, 0.2) is 0 Å². The Kier molecular flexibility index (Phi) is 3.37. The minimum Gasteiger partial charge on any atom is -0.490 e. The molecule has 0 aliphatic carbocycles. The average Bonchev–Trinajstić information content (AvgIpc) is 2.16. The topological polar surface area (TPSA) is 25.4 Å². The molecule has 5 heteroatoms. The van der Waals surface area contributed by atoms with Crippen LogP contribution in [0.1, 0.15) is 6.42 Å². The number of halogens is 1. The molecule has 0 spiro atoms. The summed E-state index contributed by atoms with van der Waals surface area (Å²) < 4.78 is 8.78. The molecule has 1 aliphatic heterocycles. The first-order valence-corrected chi connectivity index (χ1v) is 5.81. The summed E-state index contributed by atoms with van der Waals surface area (Å²) in [7, 11) is 2.71. The maximum Gasteiger partial charge on any atom is 0.138 e. The summed E-state index contributed by atoms with van der Waals surface area (Å²) in [6.07, 6.45) is 4.69. The molecule has 1 aromatic heterocycles. The van der Waals surface area contributed by atoms with Gasteiger partial charge in [0.2, 0.25) is 0 Å². The maximum atomic E-state index is 5.61. The first kappa shape index (κ1) is 10.3. The Hall–Kier alpha value is -0.180. The highest BCUT2D eigenvalue weighted by Gasteiger charge is 2.24. The van der Waals surface area contributed by atoms with Gasteiger partial charge in [-0.25, -0.2) is 0 Å². The van der Waals surface area contributed by atoms with E-state index in [-0.39, 0.29) is 0 Å². The van der Waals surface area contributed by atoms with E-state index in [4.69, 9.17) is 4.74 Å². The van der Waals surface area contributed by atoms with Crippen LogP contribution in [0.2, 0.25) is 0 Å². The van der Waals surface area contributed by atoms with Crippen LogP contribution in [0.15, 0.2) is 22.9 Å². The molecule has 1 unspecified atom stereocenters. The van der Waals surface area contributed by atoms with Crippen LogP contribution in [-0.4, -0.2) is 28.8 Å². The number of ether oxygens (including phenoxy) is 1. The van der Waals surface area contributed by atoms with E-state index in [1.165, 1.54) is 6.42 Å². The summed E-state index contributed by atoms with van der Waals surface area (Å²) in [5.41, 5.74) is 0. The minimum atomic E-state index is 0.541. The molecule has 2 rings (SSSR count). The molecule has 0 bridgehead atoms. The van der Waals surface area contributed by atoms with E-state index in [1.807, 2.05) is 6.07 Å². The lowest BCUT2D eigenvalue weighted by Crippen LogP contribution is -2.44. The monoisotopic (exact) mass is 274 g/mol. The van der Waals surface area contributed by atoms with Crippen LogP contribution in [0.5, 0.6) is 5.75 Å². The molecule has 0 N–H and O–H groups in total. The Morgan fingerprint density at radius 1 is 1.64 bits per heavy atom. The Labute approximate surface area is 94.2 Å². The molecule has 14 heavy (non-hydrogen) atoms. The number of aromatic nitrogens is 1. The number of hydrogen-bond acceptors (Lipinski definition) is 3. The van der Waals surface area contributed by atoms with Crippen molar-refractivity contribution in [3.05, 3.63) is 22.9 Å². The molecule has 1 fully saturated rings. The normalized spacial score (nSPS) is 21.7. The van der Waals surface area contributed by atoms with Gasteiger partial charge in [-0.1, -0.05) is 9.39 Å². The zero-order chi connectivity index (χ0) is 9.97. The lowest BCUT2D eigenvalue weighted by Gasteiger charge is -2.36. The number of pyridine rings is 1. The van der Waals surface area contributed by atoms with Gasteiger partial charge < -0.3 is 4.74 Å². The van der Waals surface area contributed by atoms with Gasteiger partial charge in [0.05, 0.1) is 6.20 Å². The molecule has 0 aromatic carbocycles. The van der Waals surface area contributed by atoms with Gasteiger partial charge in [0.25, 0.3) is 0 Å². The predicted octanol–water partition coefficient (Wildman–Crippen LogP) is 2.09. The smallest absolute Gasteiger partial charge is 0.138 e. The molecule has 76 valence electrons. The van der Waals surface area contributed by atoms with Gasteiger partial charge in [-0.15, -0.1) is 0 Å². The van der Waals surface area contributed by atoms with Crippen molar-refractivity contribution in [2.75, 3.05) is 13.2 Å².